The summed E-state index contributed by atoms with van der Waals surface area (Å²) in [4.78, 5) is 7.01. The molecule has 0 bridgehead atoms. The van der Waals surface area contributed by atoms with Gasteiger partial charge in [0.25, 0.3) is 0 Å². The van der Waals surface area contributed by atoms with Crippen LogP contribution in [0.5, 0.6) is 0 Å². The number of nitrogens with zero attached hydrogens (tertiary/aromatic N) is 2. The van der Waals surface area contributed by atoms with E-state index in [-0.39, 0.29) is 0 Å². The van der Waals surface area contributed by atoms with E-state index in [4.69, 9.17) is 14.5 Å². The molecule has 3 rings (SSSR count). The van der Waals surface area contributed by atoms with E-state index in [1.54, 1.807) is 0 Å². The van der Waals surface area contributed by atoms with Crippen molar-refractivity contribution in [3.05, 3.63) is 17.8 Å². The highest BCUT2D eigenvalue weighted by atomic mass is 16.5. The lowest BCUT2D eigenvalue weighted by Gasteiger charge is -2.29. The first kappa shape index (κ1) is 13.6. The van der Waals surface area contributed by atoms with Gasteiger partial charge in [0, 0.05) is 25.7 Å². The van der Waals surface area contributed by atoms with Crippen molar-refractivity contribution in [3.63, 3.8) is 0 Å². The van der Waals surface area contributed by atoms with Crippen molar-refractivity contribution < 1.29 is 9.47 Å². The molecule has 2 saturated heterocycles. The number of anilines is 2. The molecule has 0 radical (unpaired) electrons. The first-order valence-corrected chi connectivity index (χ1v) is 7.47. The van der Waals surface area contributed by atoms with Gasteiger partial charge in [0.1, 0.15) is 5.82 Å². The highest BCUT2D eigenvalue weighted by molar-refractivity contribution is 5.54. The summed E-state index contributed by atoms with van der Waals surface area (Å²) < 4.78 is 10.9. The number of ether oxygens (including phenoxy) is 2. The largest absolute Gasteiger partial charge is 0.379 e. The molecule has 0 aromatic carbocycles. The number of aryl methyl sites for hydroxylation is 1. The molecule has 1 unspecified atom stereocenters. The van der Waals surface area contributed by atoms with Crippen molar-refractivity contribution >= 4 is 11.5 Å². The summed E-state index contributed by atoms with van der Waals surface area (Å²) in [6.07, 6.45) is 2.31. The average molecular weight is 277 g/mol. The minimum absolute atomic E-state index is 0.415. The zero-order chi connectivity index (χ0) is 13.8. The molecule has 5 nitrogen and oxygen atoms in total. The second kappa shape index (κ2) is 6.41. The number of hydrogen-bond donors (Lipinski definition) is 1. The van der Waals surface area contributed by atoms with Crippen LogP contribution in [0.1, 0.15) is 18.5 Å². The van der Waals surface area contributed by atoms with Gasteiger partial charge in [0.2, 0.25) is 0 Å². The molecule has 1 aromatic rings. The molecule has 3 heterocycles. The van der Waals surface area contributed by atoms with Crippen LogP contribution in [0.4, 0.5) is 11.5 Å². The standard InChI is InChI=1S/C15H23N3O2/c1-12-14(17-13-3-2-8-20-11-13)4-5-15(16-12)18-6-9-19-10-7-18/h4-5,13,17H,2-3,6-11H2,1H3. The quantitative estimate of drug-likeness (QED) is 0.913. The number of morpholine rings is 1. The van der Waals surface area contributed by atoms with Gasteiger partial charge in [-0.05, 0) is 31.9 Å². The molecular weight excluding hydrogens is 254 g/mol. The summed E-state index contributed by atoms with van der Waals surface area (Å²) in [5.74, 6) is 1.05. The molecule has 0 amide bonds. The normalized spacial score (nSPS) is 23.6. The van der Waals surface area contributed by atoms with E-state index in [0.717, 1.165) is 63.1 Å². The highest BCUT2D eigenvalue weighted by Gasteiger charge is 2.16. The topological polar surface area (TPSA) is 46.6 Å². The zero-order valence-electron chi connectivity index (χ0n) is 12.1. The fourth-order valence-corrected chi connectivity index (χ4v) is 2.74. The van der Waals surface area contributed by atoms with E-state index in [0.29, 0.717) is 6.04 Å². The van der Waals surface area contributed by atoms with Crippen LogP contribution in [-0.4, -0.2) is 50.5 Å². The molecule has 1 aromatic heterocycles. The van der Waals surface area contributed by atoms with Crippen LogP contribution >= 0.6 is 0 Å². The summed E-state index contributed by atoms with van der Waals surface area (Å²) in [7, 11) is 0. The summed E-state index contributed by atoms with van der Waals surface area (Å²) >= 11 is 0. The molecular formula is C15H23N3O2. The Morgan fingerprint density at radius 3 is 2.75 bits per heavy atom. The first-order chi connectivity index (χ1) is 9.83. The summed E-state index contributed by atoms with van der Waals surface area (Å²) in [5.41, 5.74) is 2.18. The van der Waals surface area contributed by atoms with Gasteiger partial charge in [-0.15, -0.1) is 0 Å². The van der Waals surface area contributed by atoms with Crippen LogP contribution in [0.15, 0.2) is 12.1 Å². The van der Waals surface area contributed by atoms with Gasteiger partial charge in [-0.3, -0.25) is 0 Å². The van der Waals surface area contributed by atoms with Gasteiger partial charge in [0.05, 0.1) is 31.2 Å². The summed E-state index contributed by atoms with van der Waals surface area (Å²) in [5, 5.41) is 3.55. The minimum Gasteiger partial charge on any atom is -0.379 e. The Balaban J connectivity index is 1.66. The fourth-order valence-electron chi connectivity index (χ4n) is 2.74. The minimum atomic E-state index is 0.415. The van der Waals surface area contributed by atoms with Crippen LogP contribution in [-0.2, 0) is 9.47 Å². The van der Waals surface area contributed by atoms with Crippen LogP contribution in [0.2, 0.25) is 0 Å². The lowest BCUT2D eigenvalue weighted by Crippen LogP contribution is -2.37. The molecule has 0 spiro atoms. The van der Waals surface area contributed by atoms with Crippen molar-refractivity contribution in [2.75, 3.05) is 49.7 Å². The number of rotatable bonds is 3. The third-order valence-corrected chi connectivity index (χ3v) is 3.93. The van der Waals surface area contributed by atoms with E-state index in [1.807, 2.05) is 0 Å². The Labute approximate surface area is 120 Å². The molecule has 20 heavy (non-hydrogen) atoms. The third kappa shape index (κ3) is 3.22. The Bertz CT molecular complexity index is 441. The molecule has 0 saturated carbocycles. The molecule has 5 heteroatoms. The molecule has 110 valence electrons. The Morgan fingerprint density at radius 2 is 2.05 bits per heavy atom. The van der Waals surface area contributed by atoms with Crippen molar-refractivity contribution in [2.24, 2.45) is 0 Å². The Morgan fingerprint density at radius 1 is 1.20 bits per heavy atom. The van der Waals surface area contributed by atoms with E-state index < -0.39 is 0 Å². The van der Waals surface area contributed by atoms with Crippen LogP contribution in [0.25, 0.3) is 0 Å². The number of hydrogen-bond acceptors (Lipinski definition) is 5. The van der Waals surface area contributed by atoms with Gasteiger partial charge in [0.15, 0.2) is 0 Å². The van der Waals surface area contributed by atoms with Crippen molar-refractivity contribution in [2.45, 2.75) is 25.8 Å². The second-order valence-corrected chi connectivity index (χ2v) is 5.46. The zero-order valence-corrected chi connectivity index (χ0v) is 12.1. The fraction of sp³-hybridized carbons (Fsp3) is 0.667. The second-order valence-electron chi connectivity index (χ2n) is 5.46. The molecule has 0 aliphatic carbocycles. The predicted octanol–water partition coefficient (Wildman–Crippen LogP) is 1.82. The lowest BCUT2D eigenvalue weighted by atomic mass is 10.1. The highest BCUT2D eigenvalue weighted by Crippen LogP contribution is 2.21. The maximum Gasteiger partial charge on any atom is 0.129 e. The first-order valence-electron chi connectivity index (χ1n) is 7.47. The van der Waals surface area contributed by atoms with Crippen LogP contribution in [0, 0.1) is 6.92 Å². The molecule has 2 aliphatic heterocycles. The van der Waals surface area contributed by atoms with Crippen molar-refractivity contribution in [1.82, 2.24) is 4.98 Å². The third-order valence-electron chi connectivity index (χ3n) is 3.93. The van der Waals surface area contributed by atoms with Crippen LogP contribution in [0.3, 0.4) is 0 Å². The van der Waals surface area contributed by atoms with Gasteiger partial charge in [-0.25, -0.2) is 4.98 Å². The molecule has 2 fully saturated rings. The molecule has 1 N–H and O–H groups in total. The van der Waals surface area contributed by atoms with E-state index >= 15 is 0 Å². The van der Waals surface area contributed by atoms with Gasteiger partial charge in [-0.2, -0.15) is 0 Å². The predicted molar refractivity (Wildman–Crippen MR) is 79.5 cm³/mol. The molecule has 1 atom stereocenters. The number of aromatic nitrogens is 1. The Kier molecular flexibility index (Phi) is 4.38. The van der Waals surface area contributed by atoms with Gasteiger partial charge in [-0.1, -0.05) is 0 Å². The SMILES string of the molecule is Cc1nc(N2CCOCC2)ccc1NC1CCCOC1. The van der Waals surface area contributed by atoms with Crippen molar-refractivity contribution in [1.29, 1.82) is 0 Å². The average Bonchev–Trinajstić information content (AvgIpc) is 2.51. The number of nitrogens with one attached hydrogen (secondary N) is 1. The lowest BCUT2D eigenvalue weighted by molar-refractivity contribution is 0.0876. The summed E-state index contributed by atoms with van der Waals surface area (Å²) in [6, 6.07) is 4.66. The van der Waals surface area contributed by atoms with Gasteiger partial charge >= 0.3 is 0 Å². The maximum atomic E-state index is 5.51. The van der Waals surface area contributed by atoms with Crippen LogP contribution < -0.4 is 10.2 Å². The Hall–Kier alpha value is -1.33. The smallest absolute Gasteiger partial charge is 0.129 e. The van der Waals surface area contributed by atoms with E-state index in [1.165, 1.54) is 6.42 Å². The van der Waals surface area contributed by atoms with E-state index in [2.05, 4.69) is 29.3 Å². The van der Waals surface area contributed by atoms with Crippen molar-refractivity contribution in [3.8, 4) is 0 Å². The molecule has 2 aliphatic rings. The summed E-state index contributed by atoms with van der Waals surface area (Å²) in [6.45, 7) is 7.19. The monoisotopic (exact) mass is 277 g/mol. The van der Waals surface area contributed by atoms with Gasteiger partial charge < -0.3 is 19.7 Å². The maximum absolute atomic E-state index is 5.51. The van der Waals surface area contributed by atoms with E-state index in [9.17, 15) is 0 Å². The number of pyridine rings is 1.